The third-order valence-electron chi connectivity index (χ3n) is 12.4. The van der Waals surface area contributed by atoms with Gasteiger partial charge in [-0.1, -0.05) is 124 Å². The standard InChI is InChI=1S/C50H91NO8/c1-9-15-16-17-18-19-20-21-22-23-24-25-26-27-28-33-44(52)56-40-43(14-6)47-48(50(7,49(54)55)36-37-51(47)8)59-45(53)34-35-46(57-38-41(29-10-2)30-11-3)58-39-42(31-12-4)32-13-5/h18-19,21-22,41-43,46-48H,9-17,20,23-40H2,1-8H3,(H,54,55)/b19-18-,22-21-. The summed E-state index contributed by atoms with van der Waals surface area (Å²) in [6.45, 7) is 16.6. The molecule has 1 saturated heterocycles. The Morgan fingerprint density at radius 3 is 1.75 bits per heavy atom. The number of hydrogen-bond acceptors (Lipinski definition) is 8. The molecular weight excluding hydrogens is 743 g/mol. The number of ether oxygens (including phenoxy) is 4. The van der Waals surface area contributed by atoms with Gasteiger partial charge in [-0.05, 0) is 109 Å². The van der Waals surface area contributed by atoms with Gasteiger partial charge in [-0.15, -0.1) is 0 Å². The molecule has 0 saturated carbocycles. The van der Waals surface area contributed by atoms with Crippen molar-refractivity contribution in [2.24, 2.45) is 23.2 Å². The molecule has 9 nitrogen and oxygen atoms in total. The summed E-state index contributed by atoms with van der Waals surface area (Å²) in [6, 6.07) is -0.418. The maximum atomic E-state index is 13.7. The van der Waals surface area contributed by atoms with Gasteiger partial charge < -0.3 is 24.1 Å². The number of aliphatic carboxylic acids is 1. The smallest absolute Gasteiger partial charge is 0.313 e. The van der Waals surface area contributed by atoms with Crippen molar-refractivity contribution in [2.75, 3.05) is 33.4 Å². The molecule has 0 radical (unpaired) electrons. The molecule has 0 aliphatic carbocycles. The average molecular weight is 834 g/mol. The number of allylic oxidation sites excluding steroid dienone is 4. The number of carbonyl (C=O) groups is 3. The van der Waals surface area contributed by atoms with Crippen molar-refractivity contribution in [3.05, 3.63) is 24.3 Å². The molecular formula is C50H91NO8. The second-order valence-electron chi connectivity index (χ2n) is 17.7. The van der Waals surface area contributed by atoms with E-state index in [2.05, 4.69) is 63.8 Å². The van der Waals surface area contributed by atoms with E-state index in [1.54, 1.807) is 6.92 Å². The van der Waals surface area contributed by atoms with E-state index >= 15 is 0 Å². The minimum atomic E-state index is -1.28. The van der Waals surface area contributed by atoms with Gasteiger partial charge in [-0.2, -0.15) is 0 Å². The molecule has 1 aliphatic heterocycles. The molecule has 0 amide bonds. The molecule has 344 valence electrons. The summed E-state index contributed by atoms with van der Waals surface area (Å²) in [5.41, 5.74) is -1.28. The van der Waals surface area contributed by atoms with E-state index in [1.165, 1.54) is 25.7 Å². The Morgan fingerprint density at radius 2 is 1.22 bits per heavy atom. The predicted molar refractivity (Wildman–Crippen MR) is 242 cm³/mol. The van der Waals surface area contributed by atoms with Crippen LogP contribution in [0, 0.1) is 23.2 Å². The van der Waals surface area contributed by atoms with Gasteiger partial charge >= 0.3 is 17.9 Å². The number of likely N-dealkylation sites (tertiary alicyclic amines) is 1. The quantitative estimate of drug-likeness (QED) is 0.0283. The topological polar surface area (TPSA) is 112 Å². The van der Waals surface area contributed by atoms with Crippen LogP contribution < -0.4 is 0 Å². The molecule has 1 heterocycles. The molecule has 1 rings (SSSR count). The first-order chi connectivity index (χ1) is 28.5. The van der Waals surface area contributed by atoms with Crippen molar-refractivity contribution in [2.45, 2.75) is 221 Å². The largest absolute Gasteiger partial charge is 0.481 e. The Hall–Kier alpha value is -2.23. The third kappa shape index (κ3) is 23.5. The highest BCUT2D eigenvalue weighted by atomic mass is 16.7. The summed E-state index contributed by atoms with van der Waals surface area (Å²) < 4.78 is 24.8. The number of carbonyl (C=O) groups excluding carboxylic acids is 2. The molecule has 0 aromatic rings. The number of hydrogen-bond donors (Lipinski definition) is 1. The van der Waals surface area contributed by atoms with Crippen LogP contribution in [0.2, 0.25) is 0 Å². The zero-order valence-electron chi connectivity index (χ0n) is 39.3. The summed E-state index contributed by atoms with van der Waals surface area (Å²) in [7, 11) is 1.95. The van der Waals surface area contributed by atoms with Gasteiger partial charge in [0.15, 0.2) is 6.29 Å². The van der Waals surface area contributed by atoms with Crippen molar-refractivity contribution < 1.29 is 38.4 Å². The Labute approximate surface area is 362 Å². The fourth-order valence-corrected chi connectivity index (χ4v) is 8.55. The molecule has 0 aromatic carbocycles. The minimum absolute atomic E-state index is 0.0606. The van der Waals surface area contributed by atoms with Crippen molar-refractivity contribution in [1.82, 2.24) is 4.90 Å². The molecule has 4 atom stereocenters. The molecule has 0 bridgehead atoms. The van der Waals surface area contributed by atoms with Crippen LogP contribution in [0.4, 0.5) is 0 Å². The van der Waals surface area contributed by atoms with Gasteiger partial charge in [-0.25, -0.2) is 0 Å². The van der Waals surface area contributed by atoms with E-state index < -0.39 is 35.8 Å². The average Bonchev–Trinajstić information content (AvgIpc) is 3.21. The van der Waals surface area contributed by atoms with Gasteiger partial charge in [0.05, 0.1) is 32.3 Å². The number of rotatable bonds is 37. The van der Waals surface area contributed by atoms with Crippen LogP contribution in [-0.2, 0) is 33.3 Å². The van der Waals surface area contributed by atoms with Crippen LogP contribution >= 0.6 is 0 Å². The number of nitrogens with zero attached hydrogens (tertiary/aromatic N) is 1. The zero-order chi connectivity index (χ0) is 43.7. The molecule has 4 unspecified atom stereocenters. The maximum absolute atomic E-state index is 13.7. The van der Waals surface area contributed by atoms with Crippen LogP contribution in [0.5, 0.6) is 0 Å². The zero-order valence-corrected chi connectivity index (χ0v) is 39.3. The molecule has 0 spiro atoms. The lowest BCUT2D eigenvalue weighted by Gasteiger charge is -2.49. The highest BCUT2D eigenvalue weighted by Gasteiger charge is 2.54. The summed E-state index contributed by atoms with van der Waals surface area (Å²) in [5.74, 6) is -0.978. The highest BCUT2D eigenvalue weighted by molar-refractivity contribution is 5.77. The second-order valence-corrected chi connectivity index (χ2v) is 17.7. The van der Waals surface area contributed by atoms with E-state index in [4.69, 9.17) is 18.9 Å². The fourth-order valence-electron chi connectivity index (χ4n) is 8.55. The number of likely N-dealkylation sites (N-methyl/N-ethyl adjacent to an activating group) is 1. The third-order valence-corrected chi connectivity index (χ3v) is 12.4. The second kappa shape index (κ2) is 34.4. The van der Waals surface area contributed by atoms with Crippen LogP contribution in [0.3, 0.4) is 0 Å². The first kappa shape index (κ1) is 54.8. The van der Waals surface area contributed by atoms with E-state index in [0.717, 1.165) is 96.3 Å². The number of piperidine rings is 1. The predicted octanol–water partition coefficient (Wildman–Crippen LogP) is 12.6. The molecule has 0 aromatic heterocycles. The monoisotopic (exact) mass is 834 g/mol. The molecule has 1 aliphatic rings. The van der Waals surface area contributed by atoms with E-state index in [1.807, 2.05) is 14.0 Å². The summed E-state index contributed by atoms with van der Waals surface area (Å²) in [5, 5.41) is 10.5. The van der Waals surface area contributed by atoms with Gasteiger partial charge in [0.2, 0.25) is 0 Å². The Bertz CT molecular complexity index is 1110. The summed E-state index contributed by atoms with van der Waals surface area (Å²) >= 11 is 0. The lowest BCUT2D eigenvalue weighted by Crippen LogP contribution is -2.62. The SMILES string of the molecule is CCCCC/C=C\C/C=C\CCCCCCCC(=O)OCC(CC)C1C(OC(=O)CCC(OCC(CCC)CCC)OCC(CCC)CCC)C(C)(C(=O)O)CCN1C. The number of esters is 2. The Kier molecular flexibility index (Phi) is 31.9. The first-order valence-electron chi connectivity index (χ1n) is 24.3. The van der Waals surface area contributed by atoms with Crippen LogP contribution in [0.1, 0.15) is 203 Å². The van der Waals surface area contributed by atoms with Crippen molar-refractivity contribution in [3.63, 3.8) is 0 Å². The van der Waals surface area contributed by atoms with Gasteiger partial charge in [0.1, 0.15) is 11.5 Å². The molecule has 9 heteroatoms. The van der Waals surface area contributed by atoms with E-state index in [9.17, 15) is 19.5 Å². The van der Waals surface area contributed by atoms with Gasteiger partial charge in [-0.3, -0.25) is 19.3 Å². The molecule has 1 N–H and O–H groups in total. The molecule has 59 heavy (non-hydrogen) atoms. The summed E-state index contributed by atoms with van der Waals surface area (Å²) in [4.78, 5) is 41.6. The van der Waals surface area contributed by atoms with Crippen molar-refractivity contribution in [3.8, 4) is 0 Å². The number of carboxylic acid groups (broad SMARTS) is 1. The normalized spacial score (nSPS) is 19.4. The highest BCUT2D eigenvalue weighted by Crippen LogP contribution is 2.40. The van der Waals surface area contributed by atoms with Gasteiger partial charge in [0, 0.05) is 18.8 Å². The first-order valence-corrected chi connectivity index (χ1v) is 24.3. The van der Waals surface area contributed by atoms with Crippen molar-refractivity contribution >= 4 is 17.9 Å². The summed E-state index contributed by atoms with van der Waals surface area (Å²) in [6.07, 6.45) is 30.5. The van der Waals surface area contributed by atoms with Crippen molar-refractivity contribution in [1.29, 1.82) is 0 Å². The van der Waals surface area contributed by atoms with E-state index in [-0.39, 0.29) is 24.9 Å². The van der Waals surface area contributed by atoms with E-state index in [0.29, 0.717) is 57.3 Å². The Morgan fingerprint density at radius 1 is 0.678 bits per heavy atom. The lowest BCUT2D eigenvalue weighted by atomic mass is 9.70. The number of carboxylic acids is 1. The maximum Gasteiger partial charge on any atom is 0.313 e. The van der Waals surface area contributed by atoms with Crippen LogP contribution in [0.15, 0.2) is 24.3 Å². The Balaban J connectivity index is 2.81. The number of unbranched alkanes of at least 4 members (excludes halogenated alkanes) is 8. The fraction of sp³-hybridized carbons (Fsp3) is 0.860. The minimum Gasteiger partial charge on any atom is -0.481 e. The van der Waals surface area contributed by atoms with Crippen LogP contribution in [0.25, 0.3) is 0 Å². The molecule has 1 fully saturated rings. The van der Waals surface area contributed by atoms with Gasteiger partial charge in [0.25, 0.3) is 0 Å². The lowest BCUT2D eigenvalue weighted by molar-refractivity contribution is -0.190. The van der Waals surface area contributed by atoms with Crippen LogP contribution in [-0.4, -0.2) is 79.8 Å².